The van der Waals surface area contributed by atoms with E-state index >= 15 is 4.79 Å². The van der Waals surface area contributed by atoms with E-state index in [-0.39, 0.29) is 54.8 Å². The number of nitrogens with one attached hydrogen (secondary N) is 2. The third-order valence-corrected chi connectivity index (χ3v) is 14.7. The number of rotatable bonds is 10. The Morgan fingerprint density at radius 2 is 1.80 bits per heavy atom. The van der Waals surface area contributed by atoms with Gasteiger partial charge < -0.3 is 29.7 Å². The summed E-state index contributed by atoms with van der Waals surface area (Å²) in [6, 6.07) is 1.41. The molecule has 0 unspecified atom stereocenters. The minimum Gasteiger partial charge on any atom is -0.497 e. The largest absolute Gasteiger partial charge is 0.497 e. The van der Waals surface area contributed by atoms with Crippen LogP contribution in [0.4, 0.5) is 28.3 Å². The van der Waals surface area contributed by atoms with E-state index in [4.69, 9.17) is 9.47 Å². The molecule has 6 rings (SSSR count). The van der Waals surface area contributed by atoms with Crippen molar-refractivity contribution in [2.24, 2.45) is 17.8 Å². The molecule has 336 valence electrons. The first-order valence-corrected chi connectivity index (χ1v) is 21.6. The van der Waals surface area contributed by atoms with Crippen LogP contribution in [0.1, 0.15) is 72.6 Å². The first-order valence-electron chi connectivity index (χ1n) is 20.1. The maximum absolute atomic E-state index is 15.1. The van der Waals surface area contributed by atoms with Crippen LogP contribution < -0.4 is 24.4 Å². The predicted molar refractivity (Wildman–Crippen MR) is 214 cm³/mol. The normalized spacial score (nSPS) is 28.6. The van der Waals surface area contributed by atoms with Crippen molar-refractivity contribution in [2.75, 3.05) is 39.3 Å². The van der Waals surface area contributed by atoms with Crippen molar-refractivity contribution in [2.45, 2.75) is 113 Å². The Balaban J connectivity index is 1.45. The number of allylic oxidation sites excluding steroid dienone is 1. The van der Waals surface area contributed by atoms with Gasteiger partial charge in [0.05, 0.1) is 24.6 Å². The Bertz CT molecular complexity index is 2200. The quantitative estimate of drug-likeness (QED) is 0.222. The maximum atomic E-state index is 15.1. The van der Waals surface area contributed by atoms with Crippen LogP contribution in [-0.2, 0) is 24.4 Å². The van der Waals surface area contributed by atoms with Crippen LogP contribution in [-0.4, -0.2) is 132 Å². The van der Waals surface area contributed by atoms with Gasteiger partial charge >= 0.3 is 12.3 Å². The zero-order valence-corrected chi connectivity index (χ0v) is 35.9. The number of aromatic nitrogens is 2. The average molecular weight is 884 g/mol. The molecule has 2 aliphatic heterocycles. The lowest BCUT2D eigenvalue weighted by atomic mass is 9.85. The summed E-state index contributed by atoms with van der Waals surface area (Å²) < 4.78 is 96.6. The van der Waals surface area contributed by atoms with Gasteiger partial charge in [-0.25, -0.2) is 22.6 Å². The van der Waals surface area contributed by atoms with Crippen LogP contribution in [0.25, 0.3) is 10.9 Å². The molecule has 2 aromatic rings. The second-order valence-corrected chi connectivity index (χ2v) is 19.7. The van der Waals surface area contributed by atoms with E-state index in [1.54, 1.807) is 49.3 Å². The lowest BCUT2D eigenvalue weighted by Gasteiger charge is -2.45. The van der Waals surface area contributed by atoms with Crippen molar-refractivity contribution in [3.05, 3.63) is 30.4 Å². The number of benzene rings is 1. The zero-order chi connectivity index (χ0) is 45.0. The van der Waals surface area contributed by atoms with Gasteiger partial charge in [-0.2, -0.15) is 18.2 Å². The standard InChI is InChI=1S/C40H53F4N7O9S/c1-22-10-8-9-11-24-19-39(24,34(54)48-61(57,58)38(21-41)14-15-38)47-31(52)29-18-26(60-32-27-13-12-25(59-7)17-28(27)45-35(46-32)49(5)6)20-50(29)33(53)30(23(2)16-22)51(36(55)56)37(3,4)40(42,43)44/h9,11-13,17,22-24,26,29-30H,8,10,14-16,18-21H2,1-7H3,(H,47,52)(H,48,54)(H,55,56)/b11-9-/t22-,23+,24+,26+,29-,30-,39+/m0/s1. The summed E-state index contributed by atoms with van der Waals surface area (Å²) >= 11 is 0. The number of methoxy groups -OCH3 is 1. The van der Waals surface area contributed by atoms with E-state index in [9.17, 15) is 45.5 Å². The molecule has 21 heteroatoms. The molecule has 3 heterocycles. The number of halogens is 4. The molecule has 4 amide bonds. The second-order valence-electron chi connectivity index (χ2n) is 17.6. The predicted octanol–water partition coefficient (Wildman–Crippen LogP) is 4.58. The molecule has 4 aliphatic rings. The Hall–Kier alpha value is -4.95. The number of hydrogen-bond acceptors (Lipinski definition) is 11. The number of carbonyl (C=O) groups is 4. The van der Waals surface area contributed by atoms with Crippen molar-refractivity contribution in [1.29, 1.82) is 0 Å². The summed E-state index contributed by atoms with van der Waals surface area (Å²) in [5, 5.41) is 13.6. The van der Waals surface area contributed by atoms with Gasteiger partial charge in [0.15, 0.2) is 0 Å². The van der Waals surface area contributed by atoms with Gasteiger partial charge in [0.25, 0.3) is 5.91 Å². The number of sulfonamides is 1. The van der Waals surface area contributed by atoms with E-state index in [0.29, 0.717) is 43.3 Å². The van der Waals surface area contributed by atoms with Gasteiger partial charge in [-0.05, 0) is 76.3 Å². The highest BCUT2D eigenvalue weighted by molar-refractivity contribution is 7.91. The molecule has 2 saturated carbocycles. The lowest BCUT2D eigenvalue weighted by molar-refractivity contribution is -0.222. The SMILES string of the molecule is COc1ccc2c(O[C@@H]3C[C@H]4C(=O)N[C@]5(C(=O)NS(=O)(=O)C6(CF)CC6)C[C@H]5/C=C\CC[C@H](C)C[C@@H](C)[C@H](N(C(=O)O)C(C)(C)C(F)(F)F)C(=O)N4C3)nc(N(C)C)nc2c1. The Labute approximate surface area is 351 Å². The van der Waals surface area contributed by atoms with Gasteiger partial charge in [0.1, 0.15) is 46.4 Å². The molecular formula is C40H53F4N7O9S. The Kier molecular flexibility index (Phi) is 12.2. The fourth-order valence-electron chi connectivity index (χ4n) is 8.38. The van der Waals surface area contributed by atoms with Crippen LogP contribution >= 0.6 is 0 Å². The lowest BCUT2D eigenvalue weighted by Crippen LogP contribution is -2.66. The van der Waals surface area contributed by atoms with Gasteiger partial charge in [-0.3, -0.25) is 24.0 Å². The summed E-state index contributed by atoms with van der Waals surface area (Å²) in [5.74, 6) is -4.37. The molecule has 2 aliphatic carbocycles. The van der Waals surface area contributed by atoms with E-state index < -0.39 is 99.1 Å². The first kappa shape index (κ1) is 45.6. The minimum absolute atomic E-state index is 0.00316. The summed E-state index contributed by atoms with van der Waals surface area (Å²) in [5.41, 5.74) is -4.51. The van der Waals surface area contributed by atoms with Gasteiger partial charge in [0, 0.05) is 32.5 Å². The number of carbonyl (C=O) groups excluding carboxylic acids is 3. The van der Waals surface area contributed by atoms with Crippen LogP contribution in [0, 0.1) is 17.8 Å². The number of carboxylic acid groups (broad SMARTS) is 1. The number of alkyl halides is 4. The second kappa shape index (κ2) is 16.4. The number of fused-ring (bicyclic) bond motifs is 3. The number of amides is 4. The summed E-state index contributed by atoms with van der Waals surface area (Å²) in [7, 11) is 0.344. The fourth-order valence-corrected chi connectivity index (χ4v) is 9.81. The van der Waals surface area contributed by atoms with E-state index in [1.165, 1.54) is 14.0 Å². The molecular weight excluding hydrogens is 831 g/mol. The minimum atomic E-state index is -5.13. The molecule has 1 saturated heterocycles. The Morgan fingerprint density at radius 1 is 1.11 bits per heavy atom. The third-order valence-electron chi connectivity index (χ3n) is 12.5. The van der Waals surface area contributed by atoms with Crippen LogP contribution in [0.5, 0.6) is 11.6 Å². The fraction of sp³-hybridized carbons (Fsp3) is 0.650. The van der Waals surface area contributed by atoms with Crippen molar-refractivity contribution in [3.63, 3.8) is 0 Å². The van der Waals surface area contributed by atoms with Crippen molar-refractivity contribution >= 4 is 50.7 Å². The first-order chi connectivity index (χ1) is 28.4. The maximum Gasteiger partial charge on any atom is 0.411 e. The van der Waals surface area contributed by atoms with Crippen molar-refractivity contribution in [1.82, 2.24) is 29.8 Å². The van der Waals surface area contributed by atoms with E-state index in [1.807, 2.05) is 11.6 Å². The monoisotopic (exact) mass is 883 g/mol. The van der Waals surface area contributed by atoms with E-state index in [2.05, 4.69) is 15.3 Å². The number of nitrogens with zero attached hydrogens (tertiary/aromatic N) is 5. The molecule has 3 fully saturated rings. The molecule has 61 heavy (non-hydrogen) atoms. The summed E-state index contributed by atoms with van der Waals surface area (Å²) in [4.78, 5) is 68.5. The molecule has 7 atom stereocenters. The van der Waals surface area contributed by atoms with Crippen LogP contribution in [0.15, 0.2) is 30.4 Å². The Morgan fingerprint density at radius 3 is 2.39 bits per heavy atom. The van der Waals surface area contributed by atoms with Gasteiger partial charge in [-0.15, -0.1) is 0 Å². The highest BCUT2D eigenvalue weighted by Gasteiger charge is 2.64. The molecule has 3 N–H and O–H groups in total. The number of hydrogen-bond donors (Lipinski definition) is 3. The molecule has 0 spiro atoms. The van der Waals surface area contributed by atoms with Crippen molar-refractivity contribution in [3.8, 4) is 11.6 Å². The number of ether oxygens (including phenoxy) is 2. The van der Waals surface area contributed by atoms with Crippen molar-refractivity contribution < 1.29 is 59.7 Å². The molecule has 1 aromatic carbocycles. The summed E-state index contributed by atoms with van der Waals surface area (Å²) in [6.07, 6.45) is -4.16. The van der Waals surface area contributed by atoms with Crippen LogP contribution in [0.2, 0.25) is 0 Å². The summed E-state index contributed by atoms with van der Waals surface area (Å²) in [6.45, 7) is 3.00. The molecule has 16 nitrogen and oxygen atoms in total. The number of anilines is 1. The highest BCUT2D eigenvalue weighted by atomic mass is 32.2. The molecule has 0 bridgehead atoms. The van der Waals surface area contributed by atoms with Gasteiger partial charge in [0.2, 0.25) is 33.7 Å². The molecule has 0 radical (unpaired) electrons. The molecule has 1 aromatic heterocycles. The zero-order valence-electron chi connectivity index (χ0n) is 35.1. The van der Waals surface area contributed by atoms with Gasteiger partial charge in [-0.1, -0.05) is 26.0 Å². The smallest absolute Gasteiger partial charge is 0.411 e. The van der Waals surface area contributed by atoms with E-state index in [0.717, 1.165) is 4.90 Å². The topological polar surface area (TPSA) is 201 Å². The average Bonchev–Trinajstić information content (AvgIpc) is 4.08. The highest BCUT2D eigenvalue weighted by Crippen LogP contribution is 2.48. The third kappa shape index (κ3) is 8.62. The van der Waals surface area contributed by atoms with Crippen LogP contribution in [0.3, 0.4) is 0 Å².